The first-order valence-electron chi connectivity index (χ1n) is 10.2. The smallest absolute Gasteiger partial charge is 0.339 e. The van der Waals surface area contributed by atoms with Crippen molar-refractivity contribution in [1.82, 2.24) is 15.6 Å². The number of carbonyl (C=O) groups excluding carboxylic acids is 3. The number of hydrogen-bond acceptors (Lipinski definition) is 6. The van der Waals surface area contributed by atoms with E-state index < -0.39 is 24.5 Å². The van der Waals surface area contributed by atoms with Gasteiger partial charge in [-0.05, 0) is 30.7 Å². The number of amides is 3. The van der Waals surface area contributed by atoms with Crippen molar-refractivity contribution in [3.05, 3.63) is 89.9 Å². The Balaban J connectivity index is 1.48. The molecule has 4 rings (SSSR count). The normalized spacial score (nSPS) is 10.6. The predicted octanol–water partition coefficient (Wildman–Crippen LogP) is 3.99. The van der Waals surface area contributed by atoms with Gasteiger partial charge >= 0.3 is 12.0 Å². The van der Waals surface area contributed by atoms with Crippen LogP contribution in [-0.4, -0.2) is 29.5 Å². The molecule has 33 heavy (non-hydrogen) atoms. The summed E-state index contributed by atoms with van der Waals surface area (Å²) in [6.45, 7) is 1.31. The highest BCUT2D eigenvalue weighted by atomic mass is 16.5. The number of imide groups is 1. The molecule has 0 atom stereocenters. The Morgan fingerprint density at radius 1 is 0.970 bits per heavy atom. The summed E-state index contributed by atoms with van der Waals surface area (Å²) in [5, 5.41) is 5.22. The van der Waals surface area contributed by atoms with Crippen molar-refractivity contribution in [1.29, 1.82) is 0 Å². The molecule has 0 saturated heterocycles. The topological polar surface area (TPSA) is 111 Å². The number of furan rings is 1. The van der Waals surface area contributed by atoms with E-state index in [0.717, 1.165) is 5.56 Å². The highest BCUT2D eigenvalue weighted by Crippen LogP contribution is 2.30. The first-order chi connectivity index (χ1) is 16.0. The maximum atomic E-state index is 13.0. The summed E-state index contributed by atoms with van der Waals surface area (Å²) in [6.07, 6.45) is 1.48. The van der Waals surface area contributed by atoms with E-state index in [1.165, 1.54) is 6.26 Å². The average molecular weight is 443 g/mol. The Morgan fingerprint density at radius 3 is 2.48 bits per heavy atom. The molecule has 2 heterocycles. The van der Waals surface area contributed by atoms with Crippen molar-refractivity contribution in [2.24, 2.45) is 0 Å². The van der Waals surface area contributed by atoms with Crippen molar-refractivity contribution >= 4 is 28.8 Å². The van der Waals surface area contributed by atoms with Gasteiger partial charge in [0.05, 0.1) is 29.6 Å². The van der Waals surface area contributed by atoms with Crippen LogP contribution in [-0.2, 0) is 16.1 Å². The van der Waals surface area contributed by atoms with Crippen LogP contribution in [0.1, 0.15) is 21.7 Å². The summed E-state index contributed by atoms with van der Waals surface area (Å²) in [6, 6.07) is 19.4. The monoisotopic (exact) mass is 443 g/mol. The number of hydrogen-bond donors (Lipinski definition) is 2. The minimum absolute atomic E-state index is 0.121. The molecule has 0 bridgehead atoms. The third-order valence-electron chi connectivity index (χ3n) is 4.98. The van der Waals surface area contributed by atoms with E-state index in [4.69, 9.17) is 14.1 Å². The lowest BCUT2D eigenvalue weighted by Gasteiger charge is -2.14. The number of nitrogens with zero attached hydrogens (tertiary/aromatic N) is 1. The zero-order valence-corrected chi connectivity index (χ0v) is 17.8. The van der Waals surface area contributed by atoms with Gasteiger partial charge in [-0.2, -0.15) is 0 Å². The molecule has 166 valence electrons. The Morgan fingerprint density at radius 2 is 1.73 bits per heavy atom. The molecule has 0 aliphatic carbocycles. The highest BCUT2D eigenvalue weighted by molar-refractivity contribution is 6.07. The van der Waals surface area contributed by atoms with Crippen molar-refractivity contribution < 1.29 is 23.5 Å². The van der Waals surface area contributed by atoms with Crippen LogP contribution in [0.5, 0.6) is 0 Å². The van der Waals surface area contributed by atoms with Gasteiger partial charge < -0.3 is 14.5 Å². The maximum Gasteiger partial charge on any atom is 0.339 e. The number of pyridine rings is 1. The molecule has 0 aliphatic heterocycles. The summed E-state index contributed by atoms with van der Waals surface area (Å²) < 4.78 is 10.3. The number of esters is 1. The Bertz CT molecular complexity index is 1300. The first kappa shape index (κ1) is 21.8. The van der Waals surface area contributed by atoms with Crippen LogP contribution >= 0.6 is 0 Å². The van der Waals surface area contributed by atoms with Gasteiger partial charge in [-0.25, -0.2) is 14.6 Å². The van der Waals surface area contributed by atoms with Crippen molar-refractivity contribution in [2.45, 2.75) is 13.5 Å². The third kappa shape index (κ3) is 5.07. The molecule has 0 aliphatic rings. The van der Waals surface area contributed by atoms with Crippen LogP contribution in [0.2, 0.25) is 0 Å². The summed E-state index contributed by atoms with van der Waals surface area (Å²) >= 11 is 0. The van der Waals surface area contributed by atoms with Crippen LogP contribution in [0.3, 0.4) is 0 Å². The standard InChI is InChI=1S/C25H21N3O5/c1-16-22(19-11-5-6-12-20(19)27-23(16)17-8-3-2-4-9-17)24(30)33-15-21(29)28-25(31)26-14-18-10-7-13-32-18/h2-13H,14-15H2,1H3,(H2,26,28,29,31). The van der Waals surface area contributed by atoms with E-state index in [9.17, 15) is 14.4 Å². The van der Waals surface area contributed by atoms with Gasteiger partial charge in [-0.15, -0.1) is 0 Å². The number of carbonyl (C=O) groups is 3. The van der Waals surface area contributed by atoms with E-state index in [1.807, 2.05) is 42.5 Å². The highest BCUT2D eigenvalue weighted by Gasteiger charge is 2.21. The zero-order valence-electron chi connectivity index (χ0n) is 17.8. The molecule has 0 fully saturated rings. The molecule has 0 saturated carbocycles. The second kappa shape index (κ2) is 9.78. The minimum Gasteiger partial charge on any atom is -0.467 e. The predicted molar refractivity (Wildman–Crippen MR) is 121 cm³/mol. The number of rotatable bonds is 6. The molecule has 0 spiro atoms. The third-order valence-corrected chi connectivity index (χ3v) is 4.98. The minimum atomic E-state index is -0.750. The Kier molecular flexibility index (Phi) is 6.45. The van der Waals surface area contributed by atoms with Crippen molar-refractivity contribution in [2.75, 3.05) is 6.61 Å². The molecule has 0 radical (unpaired) electrons. The number of ether oxygens (including phenoxy) is 1. The lowest BCUT2D eigenvalue weighted by Crippen LogP contribution is -2.41. The molecular formula is C25H21N3O5. The SMILES string of the molecule is Cc1c(-c2ccccc2)nc2ccccc2c1C(=O)OCC(=O)NC(=O)NCc1ccco1. The van der Waals surface area contributed by atoms with Crippen molar-refractivity contribution in [3.63, 3.8) is 0 Å². The number of urea groups is 1. The van der Waals surface area contributed by atoms with Crippen LogP contribution in [0.15, 0.2) is 77.4 Å². The first-order valence-corrected chi connectivity index (χ1v) is 10.2. The Hall–Kier alpha value is -4.46. The fraction of sp³-hybridized carbons (Fsp3) is 0.120. The molecule has 3 amide bonds. The van der Waals surface area contributed by atoms with Crippen LogP contribution in [0.4, 0.5) is 4.79 Å². The van der Waals surface area contributed by atoms with E-state index in [1.54, 1.807) is 31.2 Å². The molecule has 8 heteroatoms. The van der Waals surface area contributed by atoms with Gasteiger partial charge in [0.2, 0.25) is 0 Å². The summed E-state index contributed by atoms with van der Waals surface area (Å²) in [5.41, 5.74) is 3.12. The molecule has 0 unspecified atom stereocenters. The Labute approximate surface area is 189 Å². The number of nitrogens with one attached hydrogen (secondary N) is 2. The average Bonchev–Trinajstić information content (AvgIpc) is 3.35. The van der Waals surface area contributed by atoms with E-state index >= 15 is 0 Å². The second-order valence-electron chi connectivity index (χ2n) is 7.23. The van der Waals surface area contributed by atoms with Gasteiger partial charge in [-0.3, -0.25) is 10.1 Å². The molecule has 4 aromatic rings. The van der Waals surface area contributed by atoms with E-state index in [0.29, 0.717) is 33.5 Å². The molecule has 2 aromatic carbocycles. The lowest BCUT2D eigenvalue weighted by molar-refractivity contribution is -0.123. The number of benzene rings is 2. The molecule has 8 nitrogen and oxygen atoms in total. The summed E-state index contributed by atoms with van der Waals surface area (Å²) in [7, 11) is 0. The second-order valence-corrected chi connectivity index (χ2v) is 7.23. The van der Waals surface area contributed by atoms with Gasteiger partial charge in [0.1, 0.15) is 5.76 Å². The fourth-order valence-electron chi connectivity index (χ4n) is 3.44. The van der Waals surface area contributed by atoms with Gasteiger partial charge in [0.15, 0.2) is 6.61 Å². The maximum absolute atomic E-state index is 13.0. The largest absolute Gasteiger partial charge is 0.467 e. The molecule has 2 aromatic heterocycles. The van der Waals surface area contributed by atoms with Crippen LogP contribution in [0.25, 0.3) is 22.2 Å². The van der Waals surface area contributed by atoms with Crippen molar-refractivity contribution in [3.8, 4) is 11.3 Å². The number of fused-ring (bicyclic) bond motifs is 1. The number of para-hydroxylation sites is 1. The van der Waals surface area contributed by atoms with Gasteiger partial charge in [-0.1, -0.05) is 48.5 Å². The molecular weight excluding hydrogens is 422 g/mol. The summed E-state index contributed by atoms with van der Waals surface area (Å²) in [5.74, 6) is -0.882. The van der Waals surface area contributed by atoms with E-state index in [-0.39, 0.29) is 6.54 Å². The van der Waals surface area contributed by atoms with Crippen LogP contribution < -0.4 is 10.6 Å². The van der Waals surface area contributed by atoms with Gasteiger partial charge in [0.25, 0.3) is 5.91 Å². The zero-order chi connectivity index (χ0) is 23.2. The van der Waals surface area contributed by atoms with E-state index in [2.05, 4.69) is 10.6 Å². The van der Waals surface area contributed by atoms with Crippen LogP contribution in [0, 0.1) is 6.92 Å². The van der Waals surface area contributed by atoms with Gasteiger partial charge in [0, 0.05) is 10.9 Å². The summed E-state index contributed by atoms with van der Waals surface area (Å²) in [4.78, 5) is 41.7. The molecule has 2 N–H and O–H groups in total. The quantitative estimate of drug-likeness (QED) is 0.436. The number of aromatic nitrogens is 1. The lowest BCUT2D eigenvalue weighted by atomic mass is 9.98. The fourth-order valence-corrected chi connectivity index (χ4v) is 3.44.